The van der Waals surface area contributed by atoms with Gasteiger partial charge in [0.1, 0.15) is 11.5 Å². The van der Waals surface area contributed by atoms with Gasteiger partial charge in [0.05, 0.1) is 18.0 Å². The third kappa shape index (κ3) is 5.09. The maximum absolute atomic E-state index is 12.9. The number of amides is 2. The first-order valence-corrected chi connectivity index (χ1v) is 10.6. The number of ether oxygens (including phenoxy) is 2. The van der Waals surface area contributed by atoms with Crippen LogP contribution in [0.5, 0.6) is 17.2 Å². The maximum Gasteiger partial charge on any atom is 0.322 e. The fourth-order valence-corrected chi connectivity index (χ4v) is 3.62. The fourth-order valence-electron chi connectivity index (χ4n) is 3.62. The summed E-state index contributed by atoms with van der Waals surface area (Å²) in [5.74, 6) is 2.23. The van der Waals surface area contributed by atoms with Gasteiger partial charge in [0.15, 0.2) is 5.75 Å². The Labute approximate surface area is 183 Å². The van der Waals surface area contributed by atoms with Gasteiger partial charge in [-0.05, 0) is 43.3 Å². The van der Waals surface area contributed by atoms with E-state index in [0.29, 0.717) is 31.1 Å². The lowest BCUT2D eigenvalue weighted by atomic mass is 10.2. The maximum atomic E-state index is 12.9. The Hall–Kier alpha value is -3.67. The molecule has 160 valence electrons. The van der Waals surface area contributed by atoms with Crippen LogP contribution in [0.25, 0.3) is 0 Å². The smallest absolute Gasteiger partial charge is 0.322 e. The van der Waals surface area contributed by atoms with Gasteiger partial charge in [0.25, 0.3) is 0 Å². The van der Waals surface area contributed by atoms with Crippen molar-refractivity contribution >= 4 is 17.4 Å². The molecule has 3 aromatic carbocycles. The first-order chi connectivity index (χ1) is 15.2. The fraction of sp³-hybridized carbons (Fsp3) is 0.240. The molecule has 1 aliphatic rings. The summed E-state index contributed by atoms with van der Waals surface area (Å²) in [6.45, 7) is 5.38. The molecule has 0 saturated carbocycles. The molecule has 4 rings (SSSR count). The molecule has 2 amide bonds. The van der Waals surface area contributed by atoms with Gasteiger partial charge in [-0.15, -0.1) is 0 Å². The Kier molecular flexibility index (Phi) is 6.57. The highest BCUT2D eigenvalue weighted by atomic mass is 16.5. The first kappa shape index (κ1) is 20.6. The normalized spacial score (nSPS) is 13.6. The zero-order chi connectivity index (χ0) is 21.5. The topological polar surface area (TPSA) is 54.0 Å². The minimum Gasteiger partial charge on any atom is -0.492 e. The molecule has 1 saturated heterocycles. The van der Waals surface area contributed by atoms with Crippen molar-refractivity contribution in [2.24, 2.45) is 0 Å². The largest absolute Gasteiger partial charge is 0.492 e. The number of rotatable bonds is 6. The third-order valence-corrected chi connectivity index (χ3v) is 5.17. The van der Waals surface area contributed by atoms with Crippen molar-refractivity contribution in [1.82, 2.24) is 4.90 Å². The molecule has 6 nitrogen and oxygen atoms in total. The summed E-state index contributed by atoms with van der Waals surface area (Å²) in [4.78, 5) is 17.0. The second kappa shape index (κ2) is 9.89. The summed E-state index contributed by atoms with van der Waals surface area (Å²) in [5, 5.41) is 3.01. The highest BCUT2D eigenvalue weighted by molar-refractivity contribution is 5.91. The predicted molar refractivity (Wildman–Crippen MR) is 123 cm³/mol. The van der Waals surface area contributed by atoms with Crippen molar-refractivity contribution in [3.05, 3.63) is 78.9 Å². The Morgan fingerprint density at radius 3 is 2.23 bits per heavy atom. The molecule has 0 unspecified atom stereocenters. The molecule has 1 heterocycles. The summed E-state index contributed by atoms with van der Waals surface area (Å²) in [6.07, 6.45) is 0. The number of nitrogens with one attached hydrogen (secondary N) is 1. The van der Waals surface area contributed by atoms with E-state index in [9.17, 15) is 4.79 Å². The third-order valence-electron chi connectivity index (χ3n) is 5.17. The monoisotopic (exact) mass is 417 g/mol. The van der Waals surface area contributed by atoms with Crippen LogP contribution in [-0.2, 0) is 0 Å². The second-order valence-electron chi connectivity index (χ2n) is 7.22. The molecule has 31 heavy (non-hydrogen) atoms. The van der Waals surface area contributed by atoms with Crippen molar-refractivity contribution in [2.45, 2.75) is 6.92 Å². The Morgan fingerprint density at radius 2 is 1.48 bits per heavy atom. The SMILES string of the molecule is CCOc1ccccc1N1CCN(C(=O)Nc2ccccc2Oc2ccccc2)CC1. The van der Waals surface area contributed by atoms with Gasteiger partial charge in [0, 0.05) is 26.2 Å². The average Bonchev–Trinajstić information content (AvgIpc) is 2.82. The number of para-hydroxylation sites is 5. The molecular formula is C25H27N3O3. The van der Waals surface area contributed by atoms with Crippen LogP contribution in [0.2, 0.25) is 0 Å². The Balaban J connectivity index is 1.38. The van der Waals surface area contributed by atoms with Gasteiger partial charge < -0.3 is 24.6 Å². The molecule has 0 atom stereocenters. The van der Waals surface area contributed by atoms with E-state index in [1.54, 1.807) is 0 Å². The number of anilines is 2. The number of urea groups is 1. The van der Waals surface area contributed by atoms with E-state index < -0.39 is 0 Å². The van der Waals surface area contributed by atoms with Crippen LogP contribution < -0.4 is 19.7 Å². The number of carbonyl (C=O) groups is 1. The Bertz CT molecular complexity index is 1000. The molecule has 0 aromatic heterocycles. The zero-order valence-electron chi connectivity index (χ0n) is 17.7. The Morgan fingerprint density at radius 1 is 0.839 bits per heavy atom. The van der Waals surface area contributed by atoms with E-state index in [1.165, 1.54) is 0 Å². The molecular weight excluding hydrogens is 390 g/mol. The number of hydrogen-bond donors (Lipinski definition) is 1. The van der Waals surface area contributed by atoms with Crippen molar-refractivity contribution in [2.75, 3.05) is 43.0 Å². The molecule has 6 heteroatoms. The second-order valence-corrected chi connectivity index (χ2v) is 7.22. The molecule has 0 aliphatic carbocycles. The van der Waals surface area contributed by atoms with Crippen LogP contribution >= 0.6 is 0 Å². The van der Waals surface area contributed by atoms with E-state index in [2.05, 4.69) is 16.3 Å². The molecule has 1 N–H and O–H groups in total. The lowest BCUT2D eigenvalue weighted by Gasteiger charge is -2.36. The van der Waals surface area contributed by atoms with E-state index in [1.807, 2.05) is 84.6 Å². The summed E-state index contributed by atoms with van der Waals surface area (Å²) in [6, 6.07) is 25.0. The average molecular weight is 418 g/mol. The van der Waals surface area contributed by atoms with Crippen molar-refractivity contribution < 1.29 is 14.3 Å². The van der Waals surface area contributed by atoms with Gasteiger partial charge in [-0.2, -0.15) is 0 Å². The summed E-state index contributed by atoms with van der Waals surface area (Å²) in [7, 11) is 0. The van der Waals surface area contributed by atoms with E-state index >= 15 is 0 Å². The van der Waals surface area contributed by atoms with Crippen molar-refractivity contribution in [3.63, 3.8) is 0 Å². The summed E-state index contributed by atoms with van der Waals surface area (Å²) >= 11 is 0. The van der Waals surface area contributed by atoms with E-state index in [0.717, 1.165) is 30.3 Å². The quantitative estimate of drug-likeness (QED) is 0.597. The van der Waals surface area contributed by atoms with Gasteiger partial charge in [0.2, 0.25) is 0 Å². The lowest BCUT2D eigenvalue weighted by molar-refractivity contribution is 0.208. The van der Waals surface area contributed by atoms with Gasteiger partial charge in [-0.1, -0.05) is 42.5 Å². The lowest BCUT2D eigenvalue weighted by Crippen LogP contribution is -2.50. The number of hydrogen-bond acceptors (Lipinski definition) is 4. The predicted octanol–water partition coefficient (Wildman–Crippen LogP) is 5.23. The van der Waals surface area contributed by atoms with Crippen LogP contribution in [-0.4, -0.2) is 43.7 Å². The van der Waals surface area contributed by atoms with Crippen LogP contribution in [0, 0.1) is 0 Å². The zero-order valence-corrected chi connectivity index (χ0v) is 17.7. The summed E-state index contributed by atoms with van der Waals surface area (Å²) in [5.41, 5.74) is 1.73. The van der Waals surface area contributed by atoms with Gasteiger partial charge in [-0.25, -0.2) is 4.79 Å². The molecule has 0 radical (unpaired) electrons. The number of piperazine rings is 1. The van der Waals surface area contributed by atoms with Gasteiger partial charge in [-0.3, -0.25) is 0 Å². The molecule has 1 fully saturated rings. The highest BCUT2D eigenvalue weighted by Crippen LogP contribution is 2.31. The minimum absolute atomic E-state index is 0.123. The standard InChI is InChI=1S/C25H27N3O3/c1-2-30-24-15-9-7-13-22(24)27-16-18-28(19-17-27)25(29)26-21-12-6-8-14-23(21)31-20-10-4-3-5-11-20/h3-15H,2,16-19H2,1H3,(H,26,29). The van der Waals surface area contributed by atoms with Crippen LogP contribution in [0.15, 0.2) is 78.9 Å². The summed E-state index contributed by atoms with van der Waals surface area (Å²) < 4.78 is 11.7. The van der Waals surface area contributed by atoms with E-state index in [4.69, 9.17) is 9.47 Å². The molecule has 0 bridgehead atoms. The number of carbonyl (C=O) groups excluding carboxylic acids is 1. The molecule has 3 aromatic rings. The van der Waals surface area contributed by atoms with Crippen LogP contribution in [0.3, 0.4) is 0 Å². The van der Waals surface area contributed by atoms with Crippen molar-refractivity contribution in [1.29, 1.82) is 0 Å². The first-order valence-electron chi connectivity index (χ1n) is 10.6. The van der Waals surface area contributed by atoms with Crippen LogP contribution in [0.4, 0.5) is 16.2 Å². The number of benzene rings is 3. The minimum atomic E-state index is -0.123. The highest BCUT2D eigenvalue weighted by Gasteiger charge is 2.23. The number of nitrogens with zero attached hydrogens (tertiary/aromatic N) is 2. The van der Waals surface area contributed by atoms with Gasteiger partial charge >= 0.3 is 6.03 Å². The van der Waals surface area contributed by atoms with Crippen molar-refractivity contribution in [3.8, 4) is 17.2 Å². The van der Waals surface area contributed by atoms with E-state index in [-0.39, 0.29) is 6.03 Å². The van der Waals surface area contributed by atoms with Crippen LogP contribution in [0.1, 0.15) is 6.92 Å². The molecule has 1 aliphatic heterocycles. The molecule has 0 spiro atoms.